The Morgan fingerprint density at radius 2 is 1.60 bits per heavy atom. The predicted molar refractivity (Wildman–Crippen MR) is 102 cm³/mol. The third-order valence-corrected chi connectivity index (χ3v) is 4.50. The molecule has 0 spiro atoms. The molecule has 0 radical (unpaired) electrons. The fraction of sp³-hybridized carbons (Fsp3) is 0.300. The Balaban J connectivity index is 2.09. The van der Waals surface area contributed by atoms with Crippen LogP contribution in [0.25, 0.3) is 0 Å². The molecule has 0 aliphatic heterocycles. The molecule has 4 nitrogen and oxygen atoms in total. The van der Waals surface area contributed by atoms with Gasteiger partial charge in [-0.25, -0.2) is 4.79 Å². The molecule has 0 aliphatic rings. The molecule has 0 saturated carbocycles. The number of carboxylic acid groups (broad SMARTS) is 1. The fourth-order valence-corrected chi connectivity index (χ4v) is 2.68. The topological polar surface area (TPSA) is 66.4 Å². The molecule has 5 heteroatoms. The molecule has 25 heavy (non-hydrogen) atoms. The highest BCUT2D eigenvalue weighted by Crippen LogP contribution is 2.22. The van der Waals surface area contributed by atoms with Crippen LogP contribution in [-0.2, 0) is 16.6 Å². The number of amides is 1. The Morgan fingerprint density at radius 1 is 1.04 bits per heavy atom. The quantitative estimate of drug-likeness (QED) is 0.786. The molecule has 0 aromatic heterocycles. The average Bonchev–Trinajstić information content (AvgIpc) is 2.55. The zero-order valence-electron chi connectivity index (χ0n) is 14.5. The van der Waals surface area contributed by atoms with Crippen LogP contribution in [0.5, 0.6) is 0 Å². The zero-order valence-corrected chi connectivity index (χ0v) is 16.1. The van der Waals surface area contributed by atoms with Gasteiger partial charge in [0.05, 0.1) is 0 Å². The highest BCUT2D eigenvalue weighted by molar-refractivity contribution is 9.10. The minimum absolute atomic E-state index is 0.000188. The molecule has 2 aromatic carbocycles. The Kier molecular flexibility index (Phi) is 6.01. The first kappa shape index (κ1) is 19.2. The lowest BCUT2D eigenvalue weighted by Crippen LogP contribution is -2.42. The smallest absolute Gasteiger partial charge is 0.326 e. The number of nitrogens with one attached hydrogen (secondary N) is 1. The van der Waals surface area contributed by atoms with E-state index in [2.05, 4.69) is 42.0 Å². The second-order valence-corrected chi connectivity index (χ2v) is 7.94. The van der Waals surface area contributed by atoms with Crippen LogP contribution >= 0.6 is 15.9 Å². The van der Waals surface area contributed by atoms with E-state index in [-0.39, 0.29) is 17.7 Å². The summed E-state index contributed by atoms with van der Waals surface area (Å²) in [5.74, 6) is -1.44. The van der Waals surface area contributed by atoms with Crippen molar-refractivity contribution in [1.29, 1.82) is 0 Å². The Labute approximate surface area is 156 Å². The number of aliphatic carboxylic acids is 1. The van der Waals surface area contributed by atoms with Gasteiger partial charge in [0.15, 0.2) is 0 Å². The maximum Gasteiger partial charge on any atom is 0.326 e. The van der Waals surface area contributed by atoms with Gasteiger partial charge in [-0.2, -0.15) is 0 Å². The van der Waals surface area contributed by atoms with Gasteiger partial charge in [0.1, 0.15) is 6.04 Å². The van der Waals surface area contributed by atoms with Crippen LogP contribution in [0, 0.1) is 0 Å². The molecule has 0 bridgehead atoms. The van der Waals surface area contributed by atoms with Crippen LogP contribution in [0.3, 0.4) is 0 Å². The first-order valence-electron chi connectivity index (χ1n) is 8.05. The van der Waals surface area contributed by atoms with Crippen LogP contribution in [0.4, 0.5) is 0 Å². The maximum atomic E-state index is 12.4. The van der Waals surface area contributed by atoms with Crippen molar-refractivity contribution in [1.82, 2.24) is 5.32 Å². The molecule has 0 aliphatic carbocycles. The highest BCUT2D eigenvalue weighted by Gasteiger charge is 2.21. The second kappa shape index (κ2) is 7.83. The van der Waals surface area contributed by atoms with E-state index in [4.69, 9.17) is 0 Å². The van der Waals surface area contributed by atoms with Crippen LogP contribution in [0.15, 0.2) is 53.0 Å². The highest BCUT2D eigenvalue weighted by atomic mass is 79.9. The van der Waals surface area contributed by atoms with E-state index in [0.29, 0.717) is 5.56 Å². The molecule has 2 rings (SSSR count). The van der Waals surface area contributed by atoms with Gasteiger partial charge in [0.25, 0.3) is 5.91 Å². The van der Waals surface area contributed by atoms with Gasteiger partial charge in [-0.05, 0) is 40.8 Å². The minimum atomic E-state index is -1.05. The van der Waals surface area contributed by atoms with Gasteiger partial charge in [0, 0.05) is 16.5 Å². The lowest BCUT2D eigenvalue weighted by atomic mass is 9.86. The Morgan fingerprint density at radius 3 is 2.08 bits per heavy atom. The van der Waals surface area contributed by atoms with Crippen LogP contribution in [0.1, 0.15) is 42.3 Å². The fourth-order valence-electron chi connectivity index (χ4n) is 2.42. The Hall–Kier alpha value is -2.14. The molecule has 2 aromatic rings. The summed E-state index contributed by atoms with van der Waals surface area (Å²) in [4.78, 5) is 23.9. The monoisotopic (exact) mass is 403 g/mol. The van der Waals surface area contributed by atoms with E-state index >= 15 is 0 Å². The minimum Gasteiger partial charge on any atom is -0.480 e. The average molecular weight is 404 g/mol. The number of carbonyl (C=O) groups is 2. The molecule has 0 heterocycles. The number of hydrogen-bond acceptors (Lipinski definition) is 2. The van der Waals surface area contributed by atoms with Crippen LogP contribution in [0.2, 0.25) is 0 Å². The molecular weight excluding hydrogens is 382 g/mol. The second-order valence-electron chi connectivity index (χ2n) is 7.02. The summed E-state index contributed by atoms with van der Waals surface area (Å²) in [6.07, 6.45) is 0.231. The van der Waals surface area contributed by atoms with Crippen molar-refractivity contribution < 1.29 is 14.7 Å². The van der Waals surface area contributed by atoms with E-state index in [1.54, 1.807) is 12.1 Å². The first-order valence-corrected chi connectivity index (χ1v) is 8.85. The molecule has 0 unspecified atom stereocenters. The van der Waals surface area contributed by atoms with Crippen LogP contribution in [-0.4, -0.2) is 23.0 Å². The van der Waals surface area contributed by atoms with E-state index < -0.39 is 12.0 Å². The number of halogens is 1. The van der Waals surface area contributed by atoms with Gasteiger partial charge in [0.2, 0.25) is 0 Å². The summed E-state index contributed by atoms with van der Waals surface area (Å²) < 4.78 is 0.922. The van der Waals surface area contributed by atoms with Gasteiger partial charge >= 0.3 is 5.97 Å². The third kappa shape index (κ3) is 5.43. The van der Waals surface area contributed by atoms with E-state index in [9.17, 15) is 14.7 Å². The van der Waals surface area contributed by atoms with E-state index in [0.717, 1.165) is 15.6 Å². The predicted octanol–water partition coefficient (Wildman–Crippen LogP) is 4.17. The van der Waals surface area contributed by atoms with Crippen molar-refractivity contribution in [3.8, 4) is 0 Å². The summed E-state index contributed by atoms with van der Waals surface area (Å²) in [6, 6.07) is 13.7. The first-order chi connectivity index (χ1) is 11.7. The van der Waals surface area contributed by atoms with E-state index in [1.807, 2.05) is 36.4 Å². The number of hydrogen-bond donors (Lipinski definition) is 2. The number of carboxylic acids is 1. The van der Waals surface area contributed by atoms with Crippen molar-refractivity contribution in [3.63, 3.8) is 0 Å². The zero-order chi connectivity index (χ0) is 18.6. The van der Waals surface area contributed by atoms with Crippen LogP contribution < -0.4 is 5.32 Å². The molecular formula is C20H22BrNO3. The largest absolute Gasteiger partial charge is 0.480 e. The van der Waals surface area contributed by atoms with E-state index in [1.165, 1.54) is 0 Å². The molecule has 1 atom stereocenters. The van der Waals surface area contributed by atoms with Gasteiger partial charge in [-0.1, -0.05) is 61.0 Å². The summed E-state index contributed by atoms with van der Waals surface area (Å²) in [6.45, 7) is 6.29. The number of benzene rings is 2. The van der Waals surface area contributed by atoms with Crippen molar-refractivity contribution in [2.75, 3.05) is 0 Å². The summed E-state index contributed by atoms with van der Waals surface area (Å²) in [7, 11) is 0. The summed E-state index contributed by atoms with van der Waals surface area (Å²) in [5.41, 5.74) is 2.42. The summed E-state index contributed by atoms with van der Waals surface area (Å²) >= 11 is 3.35. The van der Waals surface area contributed by atoms with Crippen molar-refractivity contribution in [2.45, 2.75) is 38.6 Å². The number of carbonyl (C=O) groups excluding carboxylic acids is 1. The lowest BCUT2D eigenvalue weighted by Gasteiger charge is -2.19. The maximum absolute atomic E-state index is 12.4. The summed E-state index contributed by atoms with van der Waals surface area (Å²) in [5, 5.41) is 12.0. The molecule has 0 fully saturated rings. The molecule has 132 valence electrons. The SMILES string of the molecule is CC(C)(C)c1ccc(C(=O)N[C@@H](Cc2ccc(Br)cc2)C(=O)O)cc1. The number of rotatable bonds is 5. The van der Waals surface area contributed by atoms with Gasteiger partial charge < -0.3 is 10.4 Å². The van der Waals surface area contributed by atoms with Crippen molar-refractivity contribution in [2.24, 2.45) is 0 Å². The third-order valence-electron chi connectivity index (χ3n) is 3.97. The van der Waals surface area contributed by atoms with Crippen molar-refractivity contribution in [3.05, 3.63) is 69.7 Å². The molecule has 1 amide bonds. The molecule has 2 N–H and O–H groups in total. The normalized spacial score (nSPS) is 12.5. The van der Waals surface area contributed by atoms with Crippen molar-refractivity contribution >= 4 is 27.8 Å². The van der Waals surface area contributed by atoms with Gasteiger partial charge in [-0.15, -0.1) is 0 Å². The Bertz CT molecular complexity index is 746. The lowest BCUT2D eigenvalue weighted by molar-refractivity contribution is -0.139. The van der Waals surface area contributed by atoms with Gasteiger partial charge in [-0.3, -0.25) is 4.79 Å². The molecule has 0 saturated heterocycles. The standard InChI is InChI=1S/C20H22BrNO3/c1-20(2,3)15-8-6-14(7-9-15)18(23)22-17(19(24)25)12-13-4-10-16(21)11-5-13/h4-11,17H,12H2,1-3H3,(H,22,23)(H,24,25)/t17-/m0/s1.